The summed E-state index contributed by atoms with van der Waals surface area (Å²) in [6.07, 6.45) is 0.858. The molecule has 0 aliphatic carbocycles. The smallest absolute Gasteiger partial charge is 0.255 e. The molecule has 6 nitrogen and oxygen atoms in total. The zero-order chi connectivity index (χ0) is 18.4. The number of aryl methyl sites for hydroxylation is 1. The summed E-state index contributed by atoms with van der Waals surface area (Å²) in [4.78, 5) is 24.5. The molecule has 0 fully saturated rings. The fourth-order valence-electron chi connectivity index (χ4n) is 2.67. The summed E-state index contributed by atoms with van der Waals surface area (Å²) in [7, 11) is 0. The number of benzene rings is 1. The number of rotatable bonds is 7. The van der Waals surface area contributed by atoms with Crippen LogP contribution in [0.2, 0.25) is 0 Å². The number of aromatic nitrogens is 2. The van der Waals surface area contributed by atoms with E-state index in [0.717, 1.165) is 17.7 Å². The molecule has 6 heteroatoms. The lowest BCUT2D eigenvalue weighted by Gasteiger charge is -2.14. The molecule has 0 aliphatic rings. The molecule has 2 N–H and O–H groups in total. The van der Waals surface area contributed by atoms with E-state index in [1.54, 1.807) is 6.92 Å². The molecule has 1 atom stereocenters. The molecule has 0 radical (unpaired) electrons. The topological polar surface area (TPSA) is 76.0 Å². The minimum absolute atomic E-state index is 0.179. The first-order valence-electron chi connectivity index (χ1n) is 8.60. The molecule has 0 aliphatic heterocycles. The molecule has 0 spiro atoms. The standard InChI is InChI=1S/C19H26N4O2/c1-5-11-20-18(24)14(3)21-19(25)17-13(2)22-23(15(17)4)12-16-9-7-6-8-10-16/h6-10,14H,5,11-12H2,1-4H3,(H,20,24)(H,21,25). The summed E-state index contributed by atoms with van der Waals surface area (Å²) in [5.74, 6) is -0.448. The molecular weight excluding hydrogens is 316 g/mol. The van der Waals surface area contributed by atoms with Crippen LogP contribution in [0.15, 0.2) is 30.3 Å². The molecule has 2 rings (SSSR count). The molecule has 1 aromatic heterocycles. The fraction of sp³-hybridized carbons (Fsp3) is 0.421. The van der Waals surface area contributed by atoms with Crippen molar-refractivity contribution in [3.05, 3.63) is 52.8 Å². The number of hydrogen-bond donors (Lipinski definition) is 2. The molecule has 1 heterocycles. The summed E-state index contributed by atoms with van der Waals surface area (Å²) in [6.45, 7) is 8.56. The van der Waals surface area contributed by atoms with Gasteiger partial charge < -0.3 is 10.6 Å². The highest BCUT2D eigenvalue weighted by Gasteiger charge is 2.22. The number of carbonyl (C=O) groups is 2. The fourth-order valence-corrected chi connectivity index (χ4v) is 2.67. The average Bonchev–Trinajstić information content (AvgIpc) is 2.87. The van der Waals surface area contributed by atoms with Crippen molar-refractivity contribution in [2.75, 3.05) is 6.54 Å². The number of carbonyl (C=O) groups excluding carboxylic acids is 2. The molecular formula is C19H26N4O2. The quantitative estimate of drug-likeness (QED) is 0.810. The zero-order valence-corrected chi connectivity index (χ0v) is 15.3. The Kier molecular flexibility index (Phi) is 6.33. The Morgan fingerprint density at radius 3 is 2.52 bits per heavy atom. The van der Waals surface area contributed by atoms with Gasteiger partial charge in [0.25, 0.3) is 5.91 Å². The predicted octanol–water partition coefficient (Wildman–Crippen LogP) is 2.19. The van der Waals surface area contributed by atoms with Crippen molar-refractivity contribution in [3.63, 3.8) is 0 Å². The third-order valence-electron chi connectivity index (χ3n) is 4.07. The average molecular weight is 342 g/mol. The molecule has 2 aromatic rings. The van der Waals surface area contributed by atoms with Crippen molar-refractivity contribution in [1.82, 2.24) is 20.4 Å². The van der Waals surface area contributed by atoms with E-state index in [0.29, 0.717) is 24.3 Å². The van der Waals surface area contributed by atoms with Crippen molar-refractivity contribution < 1.29 is 9.59 Å². The van der Waals surface area contributed by atoms with Gasteiger partial charge in [-0.2, -0.15) is 5.10 Å². The van der Waals surface area contributed by atoms with E-state index in [-0.39, 0.29) is 11.8 Å². The summed E-state index contributed by atoms with van der Waals surface area (Å²) in [6, 6.07) is 9.38. The molecule has 0 bridgehead atoms. The van der Waals surface area contributed by atoms with Crippen molar-refractivity contribution >= 4 is 11.8 Å². The van der Waals surface area contributed by atoms with Crippen molar-refractivity contribution in [3.8, 4) is 0 Å². The summed E-state index contributed by atoms with van der Waals surface area (Å²) < 4.78 is 1.82. The minimum Gasteiger partial charge on any atom is -0.354 e. The van der Waals surface area contributed by atoms with Gasteiger partial charge in [0.1, 0.15) is 6.04 Å². The van der Waals surface area contributed by atoms with Gasteiger partial charge in [0, 0.05) is 12.2 Å². The second-order valence-electron chi connectivity index (χ2n) is 6.18. The summed E-state index contributed by atoms with van der Waals surface area (Å²) in [5.41, 5.74) is 3.10. The Labute approximate surface area is 148 Å². The van der Waals surface area contributed by atoms with E-state index < -0.39 is 6.04 Å². The molecule has 0 saturated heterocycles. The van der Waals surface area contributed by atoms with Crippen LogP contribution in [0.1, 0.15) is 47.6 Å². The summed E-state index contributed by atoms with van der Waals surface area (Å²) in [5, 5.41) is 10.0. The van der Waals surface area contributed by atoms with E-state index >= 15 is 0 Å². The zero-order valence-electron chi connectivity index (χ0n) is 15.3. The van der Waals surface area contributed by atoms with Crippen LogP contribution in [0.5, 0.6) is 0 Å². The second-order valence-corrected chi connectivity index (χ2v) is 6.18. The molecule has 2 amide bonds. The van der Waals surface area contributed by atoms with Crippen LogP contribution in [-0.4, -0.2) is 34.2 Å². The number of nitrogens with one attached hydrogen (secondary N) is 2. The Balaban J connectivity index is 2.11. The first-order valence-corrected chi connectivity index (χ1v) is 8.60. The highest BCUT2D eigenvalue weighted by molar-refractivity contribution is 5.99. The van der Waals surface area contributed by atoms with E-state index in [9.17, 15) is 9.59 Å². The molecule has 1 aromatic carbocycles. The normalized spacial score (nSPS) is 11.8. The van der Waals surface area contributed by atoms with Crippen LogP contribution in [-0.2, 0) is 11.3 Å². The molecule has 1 unspecified atom stereocenters. The third kappa shape index (κ3) is 4.68. The monoisotopic (exact) mass is 342 g/mol. The van der Waals surface area contributed by atoms with Crippen LogP contribution in [0.4, 0.5) is 0 Å². The number of amides is 2. The first-order chi connectivity index (χ1) is 11.9. The van der Waals surface area contributed by atoms with Crippen LogP contribution in [0.25, 0.3) is 0 Å². The van der Waals surface area contributed by atoms with Gasteiger partial charge in [0.05, 0.1) is 17.8 Å². The van der Waals surface area contributed by atoms with Gasteiger partial charge in [-0.15, -0.1) is 0 Å². The van der Waals surface area contributed by atoms with Crippen molar-refractivity contribution in [2.24, 2.45) is 0 Å². The number of nitrogens with zero attached hydrogens (tertiary/aromatic N) is 2. The lowest BCUT2D eigenvalue weighted by molar-refractivity contribution is -0.122. The SMILES string of the molecule is CCCNC(=O)C(C)NC(=O)c1c(C)nn(Cc2ccccc2)c1C. The van der Waals surface area contributed by atoms with Gasteiger partial charge in [-0.25, -0.2) is 0 Å². The van der Waals surface area contributed by atoms with E-state index in [1.807, 2.05) is 55.8 Å². The maximum Gasteiger partial charge on any atom is 0.255 e. The van der Waals surface area contributed by atoms with Gasteiger partial charge in [-0.1, -0.05) is 37.3 Å². The van der Waals surface area contributed by atoms with Crippen molar-refractivity contribution in [2.45, 2.75) is 46.7 Å². The molecule has 0 saturated carbocycles. The van der Waals surface area contributed by atoms with Gasteiger partial charge in [-0.05, 0) is 32.8 Å². The van der Waals surface area contributed by atoms with Gasteiger partial charge >= 0.3 is 0 Å². The van der Waals surface area contributed by atoms with Gasteiger partial charge in [0.2, 0.25) is 5.91 Å². The van der Waals surface area contributed by atoms with Crippen LogP contribution in [0, 0.1) is 13.8 Å². The third-order valence-corrected chi connectivity index (χ3v) is 4.07. The Hall–Kier alpha value is -2.63. The Morgan fingerprint density at radius 1 is 1.20 bits per heavy atom. The Bertz CT molecular complexity index is 737. The highest BCUT2D eigenvalue weighted by atomic mass is 16.2. The highest BCUT2D eigenvalue weighted by Crippen LogP contribution is 2.15. The maximum atomic E-state index is 12.6. The van der Waals surface area contributed by atoms with Gasteiger partial charge in [-0.3, -0.25) is 14.3 Å². The minimum atomic E-state index is -0.588. The molecule has 134 valence electrons. The second kappa shape index (κ2) is 8.46. The lowest BCUT2D eigenvalue weighted by Crippen LogP contribution is -2.45. The largest absolute Gasteiger partial charge is 0.354 e. The summed E-state index contributed by atoms with van der Waals surface area (Å²) >= 11 is 0. The van der Waals surface area contributed by atoms with Crippen LogP contribution < -0.4 is 10.6 Å². The van der Waals surface area contributed by atoms with Gasteiger partial charge in [0.15, 0.2) is 0 Å². The first kappa shape index (κ1) is 18.7. The predicted molar refractivity (Wildman–Crippen MR) is 97.5 cm³/mol. The van der Waals surface area contributed by atoms with E-state index in [4.69, 9.17) is 0 Å². The van der Waals surface area contributed by atoms with Crippen LogP contribution >= 0.6 is 0 Å². The number of hydrogen-bond acceptors (Lipinski definition) is 3. The maximum absolute atomic E-state index is 12.6. The van der Waals surface area contributed by atoms with Crippen LogP contribution in [0.3, 0.4) is 0 Å². The molecule has 25 heavy (non-hydrogen) atoms. The van der Waals surface area contributed by atoms with E-state index in [2.05, 4.69) is 15.7 Å². The van der Waals surface area contributed by atoms with Crippen molar-refractivity contribution in [1.29, 1.82) is 0 Å². The lowest BCUT2D eigenvalue weighted by atomic mass is 10.1. The Morgan fingerprint density at radius 2 is 1.88 bits per heavy atom. The van der Waals surface area contributed by atoms with E-state index in [1.165, 1.54) is 0 Å².